The van der Waals surface area contributed by atoms with Crippen LogP contribution in [0.3, 0.4) is 0 Å². The van der Waals surface area contributed by atoms with Crippen molar-refractivity contribution in [2.75, 3.05) is 7.11 Å². The summed E-state index contributed by atoms with van der Waals surface area (Å²) in [6.45, 7) is 1.91. The van der Waals surface area contributed by atoms with Crippen LogP contribution in [0, 0.1) is 11.8 Å². The lowest BCUT2D eigenvalue weighted by Crippen LogP contribution is -2.45. The van der Waals surface area contributed by atoms with E-state index >= 15 is 0 Å². The molecule has 5 nitrogen and oxygen atoms in total. The molecule has 0 aromatic carbocycles. The highest BCUT2D eigenvalue weighted by Crippen LogP contribution is 2.35. The first-order valence-electron chi connectivity index (χ1n) is 7.38. The number of nitrogens with zero attached hydrogens (tertiary/aromatic N) is 1. The molecule has 21 heavy (non-hydrogen) atoms. The van der Waals surface area contributed by atoms with E-state index in [9.17, 15) is 9.59 Å². The molecule has 1 fully saturated rings. The standard InChI is InChI=1S/C16H22N2O3/c1-11(9-12-6-7-12)15(19)18-14(16(20)21-2)10-13-5-3-4-8-17-13/h3-5,8,11-12,14H,6-7,9-10H2,1-2H3,(H,18,19)/t11-,14-/m0/s1. The normalized spacial score (nSPS) is 16.9. The Labute approximate surface area is 125 Å². The summed E-state index contributed by atoms with van der Waals surface area (Å²) >= 11 is 0. The third-order valence-corrected chi connectivity index (χ3v) is 3.77. The fourth-order valence-electron chi connectivity index (χ4n) is 2.34. The molecule has 0 radical (unpaired) electrons. The zero-order valence-corrected chi connectivity index (χ0v) is 12.5. The van der Waals surface area contributed by atoms with Gasteiger partial charge in [0.25, 0.3) is 0 Å². The van der Waals surface area contributed by atoms with E-state index in [0.717, 1.165) is 12.1 Å². The molecule has 2 atom stereocenters. The van der Waals surface area contributed by atoms with Crippen LogP contribution in [-0.2, 0) is 20.7 Å². The molecule has 5 heteroatoms. The Hall–Kier alpha value is -1.91. The molecule has 1 aromatic heterocycles. The minimum atomic E-state index is -0.681. The van der Waals surface area contributed by atoms with Crippen molar-refractivity contribution in [1.82, 2.24) is 10.3 Å². The molecular weight excluding hydrogens is 268 g/mol. The van der Waals surface area contributed by atoms with Gasteiger partial charge in [-0.25, -0.2) is 4.79 Å². The molecular formula is C16H22N2O3. The molecule has 2 rings (SSSR count). The van der Waals surface area contributed by atoms with Gasteiger partial charge in [-0.05, 0) is 24.5 Å². The number of hydrogen-bond acceptors (Lipinski definition) is 4. The Bertz CT molecular complexity index is 486. The number of methoxy groups -OCH3 is 1. The number of carbonyl (C=O) groups excluding carboxylic acids is 2. The van der Waals surface area contributed by atoms with Gasteiger partial charge >= 0.3 is 5.97 Å². The van der Waals surface area contributed by atoms with Crippen LogP contribution in [0.25, 0.3) is 0 Å². The number of aromatic nitrogens is 1. The van der Waals surface area contributed by atoms with Gasteiger partial charge in [0.15, 0.2) is 0 Å². The van der Waals surface area contributed by atoms with Crippen LogP contribution < -0.4 is 5.32 Å². The number of hydrogen-bond donors (Lipinski definition) is 1. The Morgan fingerprint density at radius 3 is 2.76 bits per heavy atom. The second-order valence-electron chi connectivity index (χ2n) is 5.69. The molecule has 0 bridgehead atoms. The quantitative estimate of drug-likeness (QED) is 0.776. The molecule has 1 amide bonds. The lowest BCUT2D eigenvalue weighted by atomic mass is 10.0. The number of amides is 1. The van der Waals surface area contributed by atoms with Crippen molar-refractivity contribution in [2.24, 2.45) is 11.8 Å². The minimum Gasteiger partial charge on any atom is -0.467 e. The predicted molar refractivity (Wildman–Crippen MR) is 78.4 cm³/mol. The van der Waals surface area contributed by atoms with Gasteiger partial charge < -0.3 is 10.1 Å². The maximum Gasteiger partial charge on any atom is 0.328 e. The monoisotopic (exact) mass is 290 g/mol. The number of esters is 1. The van der Waals surface area contributed by atoms with E-state index in [0.29, 0.717) is 12.3 Å². The van der Waals surface area contributed by atoms with Gasteiger partial charge in [0.2, 0.25) is 5.91 Å². The summed E-state index contributed by atoms with van der Waals surface area (Å²) in [6.07, 6.45) is 5.33. The first kappa shape index (κ1) is 15.5. The zero-order valence-electron chi connectivity index (χ0n) is 12.5. The van der Waals surface area contributed by atoms with Gasteiger partial charge in [0, 0.05) is 24.2 Å². The predicted octanol–water partition coefficient (Wildman–Crippen LogP) is 1.72. The van der Waals surface area contributed by atoms with E-state index in [4.69, 9.17) is 4.74 Å². The second-order valence-corrected chi connectivity index (χ2v) is 5.69. The fraction of sp³-hybridized carbons (Fsp3) is 0.562. The van der Waals surface area contributed by atoms with Gasteiger partial charge in [-0.2, -0.15) is 0 Å². The van der Waals surface area contributed by atoms with E-state index in [-0.39, 0.29) is 11.8 Å². The van der Waals surface area contributed by atoms with E-state index in [1.54, 1.807) is 6.20 Å². The highest BCUT2D eigenvalue weighted by atomic mass is 16.5. The Morgan fingerprint density at radius 1 is 1.43 bits per heavy atom. The fourth-order valence-corrected chi connectivity index (χ4v) is 2.34. The maximum atomic E-state index is 12.2. The highest BCUT2D eigenvalue weighted by molar-refractivity contribution is 5.85. The number of rotatable bonds is 7. The van der Waals surface area contributed by atoms with Crippen molar-refractivity contribution >= 4 is 11.9 Å². The van der Waals surface area contributed by atoms with Crippen molar-refractivity contribution in [3.8, 4) is 0 Å². The average molecular weight is 290 g/mol. The van der Waals surface area contributed by atoms with Gasteiger partial charge in [0.05, 0.1) is 7.11 Å². The van der Waals surface area contributed by atoms with Crippen molar-refractivity contribution < 1.29 is 14.3 Å². The lowest BCUT2D eigenvalue weighted by molar-refractivity contribution is -0.145. The minimum absolute atomic E-state index is 0.0756. The smallest absolute Gasteiger partial charge is 0.328 e. The number of nitrogens with one attached hydrogen (secondary N) is 1. The van der Waals surface area contributed by atoms with Gasteiger partial charge in [-0.1, -0.05) is 25.8 Å². The van der Waals surface area contributed by atoms with E-state index < -0.39 is 12.0 Å². The Balaban J connectivity index is 1.95. The Kier molecular flexibility index (Phi) is 5.31. The molecule has 0 spiro atoms. The molecule has 114 valence electrons. The molecule has 0 saturated heterocycles. The van der Waals surface area contributed by atoms with E-state index in [1.165, 1.54) is 20.0 Å². The SMILES string of the molecule is COC(=O)[C@H](Cc1ccccn1)NC(=O)[C@@H](C)CC1CC1. The zero-order chi connectivity index (χ0) is 15.2. The van der Waals surface area contributed by atoms with Crippen LogP contribution in [0.15, 0.2) is 24.4 Å². The van der Waals surface area contributed by atoms with Crippen LogP contribution >= 0.6 is 0 Å². The van der Waals surface area contributed by atoms with Crippen molar-refractivity contribution in [2.45, 2.75) is 38.6 Å². The number of carbonyl (C=O) groups is 2. The summed E-state index contributed by atoms with van der Waals surface area (Å²) < 4.78 is 4.78. The summed E-state index contributed by atoms with van der Waals surface area (Å²) in [6, 6.07) is 4.82. The molecule has 1 aliphatic rings. The molecule has 0 unspecified atom stereocenters. The molecule has 1 aromatic rings. The van der Waals surface area contributed by atoms with Crippen molar-refractivity contribution in [1.29, 1.82) is 0 Å². The largest absolute Gasteiger partial charge is 0.467 e. The summed E-state index contributed by atoms with van der Waals surface area (Å²) in [5.41, 5.74) is 0.753. The van der Waals surface area contributed by atoms with Gasteiger partial charge in [-0.3, -0.25) is 9.78 Å². The topological polar surface area (TPSA) is 68.3 Å². The van der Waals surface area contributed by atoms with Crippen molar-refractivity contribution in [3.05, 3.63) is 30.1 Å². The molecule has 1 aliphatic carbocycles. The van der Waals surface area contributed by atoms with Crippen LogP contribution in [0.5, 0.6) is 0 Å². The molecule has 0 aliphatic heterocycles. The first-order valence-corrected chi connectivity index (χ1v) is 7.38. The van der Waals surface area contributed by atoms with Gasteiger partial charge in [0.1, 0.15) is 6.04 Å². The highest BCUT2D eigenvalue weighted by Gasteiger charge is 2.29. The summed E-state index contributed by atoms with van der Waals surface area (Å²) in [5, 5.41) is 2.80. The maximum absolute atomic E-state index is 12.2. The van der Waals surface area contributed by atoms with Crippen molar-refractivity contribution in [3.63, 3.8) is 0 Å². The second kappa shape index (κ2) is 7.20. The summed E-state index contributed by atoms with van der Waals surface area (Å²) in [4.78, 5) is 28.2. The van der Waals surface area contributed by atoms with E-state index in [1.807, 2.05) is 25.1 Å². The van der Waals surface area contributed by atoms with Crippen LogP contribution in [-0.4, -0.2) is 30.0 Å². The molecule has 1 heterocycles. The summed E-state index contributed by atoms with van der Waals surface area (Å²) in [5.74, 6) is 0.0763. The average Bonchev–Trinajstić information content (AvgIpc) is 3.30. The van der Waals surface area contributed by atoms with Gasteiger partial charge in [-0.15, -0.1) is 0 Å². The third kappa shape index (κ3) is 4.85. The number of ether oxygens (including phenoxy) is 1. The van der Waals surface area contributed by atoms with E-state index in [2.05, 4.69) is 10.3 Å². The molecule has 1 saturated carbocycles. The van der Waals surface area contributed by atoms with Crippen LogP contribution in [0.1, 0.15) is 31.9 Å². The molecule has 1 N–H and O–H groups in total. The third-order valence-electron chi connectivity index (χ3n) is 3.77. The lowest BCUT2D eigenvalue weighted by Gasteiger charge is -2.19. The first-order chi connectivity index (χ1) is 10.1. The van der Waals surface area contributed by atoms with Crippen LogP contribution in [0.2, 0.25) is 0 Å². The summed E-state index contributed by atoms with van der Waals surface area (Å²) in [7, 11) is 1.33. The number of pyridine rings is 1. The van der Waals surface area contributed by atoms with Crippen LogP contribution in [0.4, 0.5) is 0 Å². The Morgan fingerprint density at radius 2 is 2.19 bits per heavy atom.